The van der Waals surface area contributed by atoms with Gasteiger partial charge in [0.1, 0.15) is 17.5 Å². The molecule has 0 radical (unpaired) electrons. The molecule has 0 amide bonds. The number of aliphatic hydroxyl groups is 1. The number of halogens is 2. The van der Waals surface area contributed by atoms with E-state index in [1.165, 1.54) is 0 Å². The van der Waals surface area contributed by atoms with Gasteiger partial charge in [-0.3, -0.25) is 4.68 Å². The summed E-state index contributed by atoms with van der Waals surface area (Å²) in [5, 5.41) is 14.7. The second-order valence-electron chi connectivity index (χ2n) is 4.63. The van der Waals surface area contributed by atoms with Crippen molar-refractivity contribution in [3.8, 4) is 5.75 Å². The highest BCUT2D eigenvalue weighted by Gasteiger charge is 2.13. The summed E-state index contributed by atoms with van der Waals surface area (Å²) in [5.41, 5.74) is 2.41. The Hall–Kier alpha value is -1.23. The molecule has 108 valence electrons. The van der Waals surface area contributed by atoms with Crippen molar-refractivity contribution in [3.05, 3.63) is 45.2 Å². The summed E-state index contributed by atoms with van der Waals surface area (Å²) >= 11 is 12.3. The first-order valence-electron chi connectivity index (χ1n) is 6.18. The number of nitrogens with zero attached hydrogens (tertiary/aromatic N) is 2. The first-order chi connectivity index (χ1) is 9.40. The van der Waals surface area contributed by atoms with Gasteiger partial charge >= 0.3 is 0 Å². The predicted octanol–water partition coefficient (Wildman–Crippen LogP) is 3.67. The number of hydrogen-bond acceptors (Lipinski definition) is 3. The Morgan fingerprint density at radius 3 is 2.60 bits per heavy atom. The molecule has 0 fully saturated rings. The minimum Gasteiger partial charge on any atom is -0.487 e. The lowest BCUT2D eigenvalue weighted by Crippen LogP contribution is -1.99. The van der Waals surface area contributed by atoms with E-state index in [2.05, 4.69) is 5.10 Å². The highest BCUT2D eigenvalue weighted by molar-refractivity contribution is 6.32. The van der Waals surface area contributed by atoms with Gasteiger partial charge in [0.25, 0.3) is 0 Å². The molecule has 0 aliphatic rings. The fourth-order valence-corrected chi connectivity index (χ4v) is 2.35. The molecule has 2 aromatic rings. The molecule has 0 spiro atoms. The highest BCUT2D eigenvalue weighted by Crippen LogP contribution is 2.29. The van der Waals surface area contributed by atoms with Crippen LogP contribution in [0, 0.1) is 6.92 Å². The van der Waals surface area contributed by atoms with Crippen molar-refractivity contribution in [2.75, 3.05) is 0 Å². The molecule has 1 N–H and O–H groups in total. The van der Waals surface area contributed by atoms with Gasteiger partial charge in [0.2, 0.25) is 0 Å². The van der Waals surface area contributed by atoms with Crippen LogP contribution < -0.4 is 4.74 Å². The fourth-order valence-electron chi connectivity index (χ4n) is 1.88. The van der Waals surface area contributed by atoms with Crippen LogP contribution in [0.15, 0.2) is 18.2 Å². The minimum atomic E-state index is -0.559. The van der Waals surface area contributed by atoms with Gasteiger partial charge in [0, 0.05) is 12.6 Å². The molecule has 0 unspecified atom stereocenters. The molecule has 1 aromatic heterocycles. The number of aliphatic hydroxyl groups excluding tert-OH is 1. The van der Waals surface area contributed by atoms with Gasteiger partial charge in [-0.1, -0.05) is 29.3 Å². The molecule has 20 heavy (non-hydrogen) atoms. The van der Waals surface area contributed by atoms with E-state index in [4.69, 9.17) is 27.9 Å². The van der Waals surface area contributed by atoms with E-state index < -0.39 is 6.10 Å². The van der Waals surface area contributed by atoms with Crippen LogP contribution in [0.1, 0.15) is 29.8 Å². The van der Waals surface area contributed by atoms with Crippen molar-refractivity contribution < 1.29 is 9.84 Å². The maximum absolute atomic E-state index is 9.49. The summed E-state index contributed by atoms with van der Waals surface area (Å²) in [7, 11) is 1.78. The third kappa shape index (κ3) is 3.08. The molecule has 0 aliphatic carbocycles. The lowest BCUT2D eigenvalue weighted by atomic mass is 10.1. The number of benzene rings is 1. The van der Waals surface area contributed by atoms with E-state index in [0.717, 1.165) is 16.8 Å². The van der Waals surface area contributed by atoms with E-state index >= 15 is 0 Å². The van der Waals surface area contributed by atoms with Crippen molar-refractivity contribution in [1.82, 2.24) is 9.78 Å². The minimum absolute atomic E-state index is 0.298. The largest absolute Gasteiger partial charge is 0.487 e. The van der Waals surface area contributed by atoms with E-state index in [1.807, 2.05) is 6.92 Å². The zero-order valence-electron chi connectivity index (χ0n) is 11.5. The van der Waals surface area contributed by atoms with Crippen LogP contribution in [0.4, 0.5) is 0 Å². The molecular weight excluding hydrogens is 299 g/mol. The topological polar surface area (TPSA) is 47.3 Å². The molecule has 0 bridgehead atoms. The average Bonchev–Trinajstić information content (AvgIpc) is 2.62. The maximum atomic E-state index is 9.49. The Morgan fingerprint density at radius 2 is 2.10 bits per heavy atom. The standard InChI is InChI=1S/C14H16Cl2N2O2/c1-8-11(14(16)18(3)17-8)7-20-13-5-4-10(9(2)19)6-12(13)15/h4-6,9,19H,7H2,1-3H3/t9-/m0/s1. The molecule has 6 heteroatoms. The molecule has 1 heterocycles. The van der Waals surface area contributed by atoms with E-state index in [9.17, 15) is 5.11 Å². The van der Waals surface area contributed by atoms with Gasteiger partial charge in [-0.2, -0.15) is 5.10 Å². The number of aromatic nitrogens is 2. The van der Waals surface area contributed by atoms with Crippen LogP contribution in [0.3, 0.4) is 0 Å². The van der Waals surface area contributed by atoms with Crippen LogP contribution in [0.25, 0.3) is 0 Å². The summed E-state index contributed by atoms with van der Waals surface area (Å²) in [4.78, 5) is 0. The Bertz CT molecular complexity index is 624. The van der Waals surface area contributed by atoms with E-state index in [-0.39, 0.29) is 0 Å². The van der Waals surface area contributed by atoms with Gasteiger partial charge < -0.3 is 9.84 Å². The molecule has 2 rings (SSSR count). The normalized spacial score (nSPS) is 12.5. The van der Waals surface area contributed by atoms with Crippen molar-refractivity contribution in [3.63, 3.8) is 0 Å². The quantitative estimate of drug-likeness (QED) is 0.936. The Morgan fingerprint density at radius 1 is 1.40 bits per heavy atom. The van der Waals surface area contributed by atoms with Crippen LogP contribution in [-0.4, -0.2) is 14.9 Å². The summed E-state index contributed by atoms with van der Waals surface area (Å²) in [5.74, 6) is 0.551. The predicted molar refractivity (Wildman–Crippen MR) is 79.4 cm³/mol. The van der Waals surface area contributed by atoms with Crippen molar-refractivity contribution >= 4 is 23.2 Å². The Kier molecular flexibility index (Phi) is 4.58. The fraction of sp³-hybridized carbons (Fsp3) is 0.357. The van der Waals surface area contributed by atoms with Gasteiger partial charge in [0.05, 0.1) is 16.8 Å². The van der Waals surface area contributed by atoms with Crippen molar-refractivity contribution in [1.29, 1.82) is 0 Å². The number of rotatable bonds is 4. The van der Waals surface area contributed by atoms with Gasteiger partial charge in [-0.25, -0.2) is 0 Å². The zero-order valence-corrected chi connectivity index (χ0v) is 13.0. The zero-order chi connectivity index (χ0) is 14.9. The average molecular weight is 315 g/mol. The number of aryl methyl sites for hydroxylation is 2. The second-order valence-corrected chi connectivity index (χ2v) is 5.40. The summed E-state index contributed by atoms with van der Waals surface area (Å²) in [6.07, 6.45) is -0.559. The van der Waals surface area contributed by atoms with E-state index in [0.29, 0.717) is 22.5 Å². The summed E-state index contributed by atoms with van der Waals surface area (Å²) in [6, 6.07) is 5.22. The van der Waals surface area contributed by atoms with Gasteiger partial charge in [-0.15, -0.1) is 0 Å². The number of ether oxygens (including phenoxy) is 1. The molecular formula is C14H16Cl2N2O2. The molecule has 0 aliphatic heterocycles. The molecule has 0 saturated carbocycles. The first kappa shape index (κ1) is 15.2. The lowest BCUT2D eigenvalue weighted by Gasteiger charge is -2.11. The van der Waals surface area contributed by atoms with Crippen LogP contribution in [0.5, 0.6) is 5.75 Å². The van der Waals surface area contributed by atoms with Crippen LogP contribution in [0.2, 0.25) is 10.2 Å². The maximum Gasteiger partial charge on any atom is 0.138 e. The SMILES string of the molecule is Cc1nn(C)c(Cl)c1COc1ccc([C@H](C)O)cc1Cl. The molecule has 1 aromatic carbocycles. The first-order valence-corrected chi connectivity index (χ1v) is 6.94. The lowest BCUT2D eigenvalue weighted by molar-refractivity contribution is 0.199. The Balaban J connectivity index is 2.15. The number of hydrogen-bond donors (Lipinski definition) is 1. The monoisotopic (exact) mass is 314 g/mol. The molecule has 0 saturated heterocycles. The Labute approximate surface area is 127 Å². The second kappa shape index (κ2) is 6.04. The molecule has 4 nitrogen and oxygen atoms in total. The summed E-state index contributed by atoms with van der Waals surface area (Å²) in [6.45, 7) is 3.86. The van der Waals surface area contributed by atoms with Crippen LogP contribution >= 0.6 is 23.2 Å². The third-order valence-corrected chi connectivity index (χ3v) is 3.85. The third-order valence-electron chi connectivity index (χ3n) is 3.08. The van der Waals surface area contributed by atoms with Crippen molar-refractivity contribution in [2.24, 2.45) is 7.05 Å². The highest BCUT2D eigenvalue weighted by atomic mass is 35.5. The van der Waals surface area contributed by atoms with Gasteiger partial charge in [0.15, 0.2) is 0 Å². The van der Waals surface area contributed by atoms with E-state index in [1.54, 1.807) is 36.9 Å². The molecule has 1 atom stereocenters. The summed E-state index contributed by atoms with van der Waals surface area (Å²) < 4.78 is 7.29. The van der Waals surface area contributed by atoms with Crippen molar-refractivity contribution in [2.45, 2.75) is 26.6 Å². The smallest absolute Gasteiger partial charge is 0.138 e. The van der Waals surface area contributed by atoms with Crippen LogP contribution in [-0.2, 0) is 13.7 Å². The van der Waals surface area contributed by atoms with Gasteiger partial charge in [-0.05, 0) is 31.5 Å².